The standard InChI is InChI=1S/C18H31N3O3/c1-3-5-13-9-16(22)20(11-13)8-7-15(18(19)24)21-12-14(6-4-2)10-17(21)23/h13-15H,3-12H2,1-2H3,(H2,19,24). The number of carbonyl (C=O) groups excluding carboxylic acids is 3. The number of nitrogens with zero attached hydrogens (tertiary/aromatic N) is 2. The summed E-state index contributed by atoms with van der Waals surface area (Å²) in [5.74, 6) is 0.475. The van der Waals surface area contributed by atoms with Crippen molar-refractivity contribution >= 4 is 17.7 Å². The van der Waals surface area contributed by atoms with Crippen LogP contribution in [-0.4, -0.2) is 53.2 Å². The second kappa shape index (κ2) is 8.49. The van der Waals surface area contributed by atoms with E-state index in [1.807, 2.05) is 4.90 Å². The molecule has 0 aromatic heterocycles. The Bertz CT molecular complexity index is 480. The first kappa shape index (κ1) is 18.7. The lowest BCUT2D eigenvalue weighted by Gasteiger charge is -2.27. The summed E-state index contributed by atoms with van der Waals surface area (Å²) in [7, 11) is 0. The molecule has 0 aromatic rings. The van der Waals surface area contributed by atoms with Crippen LogP contribution in [0.15, 0.2) is 0 Å². The molecule has 6 nitrogen and oxygen atoms in total. The highest BCUT2D eigenvalue weighted by Crippen LogP contribution is 2.26. The molecule has 136 valence electrons. The third-order valence-electron chi connectivity index (χ3n) is 5.30. The average Bonchev–Trinajstić information content (AvgIpc) is 3.03. The molecule has 3 amide bonds. The van der Waals surface area contributed by atoms with Gasteiger partial charge in [0.1, 0.15) is 6.04 Å². The molecule has 2 fully saturated rings. The monoisotopic (exact) mass is 337 g/mol. The Morgan fingerprint density at radius 1 is 1.08 bits per heavy atom. The van der Waals surface area contributed by atoms with E-state index in [4.69, 9.17) is 5.73 Å². The van der Waals surface area contributed by atoms with Crippen molar-refractivity contribution in [2.24, 2.45) is 17.6 Å². The van der Waals surface area contributed by atoms with Gasteiger partial charge in [0.15, 0.2) is 0 Å². The fraction of sp³-hybridized carbons (Fsp3) is 0.833. The molecule has 0 aromatic carbocycles. The van der Waals surface area contributed by atoms with Gasteiger partial charge in [-0.15, -0.1) is 0 Å². The lowest BCUT2D eigenvalue weighted by Crippen LogP contribution is -2.47. The minimum Gasteiger partial charge on any atom is -0.368 e. The van der Waals surface area contributed by atoms with Crippen molar-refractivity contribution in [3.63, 3.8) is 0 Å². The van der Waals surface area contributed by atoms with Gasteiger partial charge in [0.05, 0.1) is 0 Å². The minimum atomic E-state index is -0.586. The molecule has 2 aliphatic rings. The first-order chi connectivity index (χ1) is 11.5. The van der Waals surface area contributed by atoms with E-state index in [1.165, 1.54) is 0 Å². The molecular weight excluding hydrogens is 306 g/mol. The predicted molar refractivity (Wildman–Crippen MR) is 91.9 cm³/mol. The van der Waals surface area contributed by atoms with Crippen molar-refractivity contribution in [1.29, 1.82) is 0 Å². The molecule has 0 radical (unpaired) electrons. The molecule has 24 heavy (non-hydrogen) atoms. The largest absolute Gasteiger partial charge is 0.368 e. The van der Waals surface area contributed by atoms with Crippen LogP contribution < -0.4 is 5.73 Å². The molecule has 2 heterocycles. The zero-order valence-electron chi connectivity index (χ0n) is 15.0. The maximum Gasteiger partial charge on any atom is 0.240 e. The fourth-order valence-corrected chi connectivity index (χ4v) is 4.11. The van der Waals surface area contributed by atoms with E-state index in [1.54, 1.807) is 4.90 Å². The molecule has 0 spiro atoms. The van der Waals surface area contributed by atoms with Crippen LogP contribution in [0.3, 0.4) is 0 Å². The normalized spacial score (nSPS) is 25.6. The van der Waals surface area contributed by atoms with Gasteiger partial charge in [0.25, 0.3) is 0 Å². The van der Waals surface area contributed by atoms with E-state index < -0.39 is 11.9 Å². The molecular formula is C18H31N3O3. The average molecular weight is 337 g/mol. The second-order valence-electron chi connectivity index (χ2n) is 7.31. The molecule has 3 atom stereocenters. The Kier molecular flexibility index (Phi) is 6.63. The van der Waals surface area contributed by atoms with E-state index in [2.05, 4.69) is 13.8 Å². The Morgan fingerprint density at radius 3 is 2.25 bits per heavy atom. The van der Waals surface area contributed by atoms with Gasteiger partial charge in [0.2, 0.25) is 17.7 Å². The van der Waals surface area contributed by atoms with Crippen LogP contribution >= 0.6 is 0 Å². The van der Waals surface area contributed by atoms with Gasteiger partial charge in [0, 0.05) is 32.5 Å². The molecule has 2 N–H and O–H groups in total. The quantitative estimate of drug-likeness (QED) is 0.692. The summed E-state index contributed by atoms with van der Waals surface area (Å²) in [6.45, 7) is 6.12. The maximum absolute atomic E-state index is 12.2. The van der Waals surface area contributed by atoms with Gasteiger partial charge in [-0.05, 0) is 31.1 Å². The van der Waals surface area contributed by atoms with Gasteiger partial charge < -0.3 is 15.5 Å². The lowest BCUT2D eigenvalue weighted by atomic mass is 10.0. The number of primary amides is 1. The van der Waals surface area contributed by atoms with E-state index in [0.717, 1.165) is 32.2 Å². The Hall–Kier alpha value is -1.59. The second-order valence-corrected chi connectivity index (χ2v) is 7.31. The van der Waals surface area contributed by atoms with Crippen molar-refractivity contribution < 1.29 is 14.4 Å². The molecule has 0 bridgehead atoms. The number of amides is 3. The van der Waals surface area contributed by atoms with Gasteiger partial charge in [-0.25, -0.2) is 0 Å². The first-order valence-electron chi connectivity index (χ1n) is 9.32. The first-order valence-corrected chi connectivity index (χ1v) is 9.32. The fourth-order valence-electron chi connectivity index (χ4n) is 4.11. The van der Waals surface area contributed by atoms with Crippen molar-refractivity contribution in [3.05, 3.63) is 0 Å². The van der Waals surface area contributed by atoms with Gasteiger partial charge >= 0.3 is 0 Å². The zero-order chi connectivity index (χ0) is 17.7. The number of hydrogen-bond acceptors (Lipinski definition) is 3. The summed E-state index contributed by atoms with van der Waals surface area (Å²) >= 11 is 0. The van der Waals surface area contributed by atoms with Gasteiger partial charge in [-0.1, -0.05) is 26.7 Å². The maximum atomic E-state index is 12.2. The third-order valence-corrected chi connectivity index (χ3v) is 5.30. The summed E-state index contributed by atoms with van der Waals surface area (Å²) in [4.78, 5) is 39.7. The lowest BCUT2D eigenvalue weighted by molar-refractivity contribution is -0.136. The van der Waals surface area contributed by atoms with Crippen molar-refractivity contribution in [2.45, 2.75) is 64.8 Å². The minimum absolute atomic E-state index is 0.0221. The van der Waals surface area contributed by atoms with Crippen molar-refractivity contribution in [2.75, 3.05) is 19.6 Å². The smallest absolute Gasteiger partial charge is 0.240 e. The van der Waals surface area contributed by atoms with E-state index in [-0.39, 0.29) is 11.8 Å². The predicted octanol–water partition coefficient (Wildman–Crippen LogP) is 1.53. The highest BCUT2D eigenvalue weighted by Gasteiger charge is 2.37. The van der Waals surface area contributed by atoms with Crippen LogP contribution in [0.5, 0.6) is 0 Å². The summed E-state index contributed by atoms with van der Waals surface area (Å²) < 4.78 is 0. The Balaban J connectivity index is 1.91. The SMILES string of the molecule is CCCC1CC(=O)N(CCC(C(N)=O)N2CC(CCC)CC2=O)C1. The summed E-state index contributed by atoms with van der Waals surface area (Å²) in [5.41, 5.74) is 5.56. The molecule has 2 rings (SSSR count). The summed E-state index contributed by atoms with van der Waals surface area (Å²) in [5, 5.41) is 0. The van der Waals surface area contributed by atoms with Crippen molar-refractivity contribution in [1.82, 2.24) is 9.80 Å². The molecule has 2 saturated heterocycles. The molecule has 2 aliphatic heterocycles. The van der Waals surface area contributed by atoms with E-state index in [0.29, 0.717) is 44.2 Å². The molecule has 0 aliphatic carbocycles. The molecule has 0 saturated carbocycles. The number of rotatable bonds is 9. The Labute approximate surface area is 144 Å². The number of hydrogen-bond donors (Lipinski definition) is 1. The Morgan fingerprint density at radius 2 is 1.67 bits per heavy atom. The van der Waals surface area contributed by atoms with Crippen LogP contribution in [-0.2, 0) is 14.4 Å². The number of likely N-dealkylation sites (tertiary alicyclic amines) is 2. The topological polar surface area (TPSA) is 83.7 Å². The summed E-state index contributed by atoms with van der Waals surface area (Å²) in [6.07, 6.45) is 5.74. The van der Waals surface area contributed by atoms with Crippen LogP contribution in [0.25, 0.3) is 0 Å². The van der Waals surface area contributed by atoms with Gasteiger partial charge in [-0.3, -0.25) is 14.4 Å². The van der Waals surface area contributed by atoms with Crippen molar-refractivity contribution in [3.8, 4) is 0 Å². The van der Waals surface area contributed by atoms with Crippen LogP contribution in [0.2, 0.25) is 0 Å². The molecule has 6 heteroatoms. The van der Waals surface area contributed by atoms with E-state index >= 15 is 0 Å². The number of nitrogens with two attached hydrogens (primary N) is 1. The van der Waals surface area contributed by atoms with Gasteiger partial charge in [-0.2, -0.15) is 0 Å². The zero-order valence-corrected chi connectivity index (χ0v) is 15.0. The van der Waals surface area contributed by atoms with Crippen LogP contribution in [0.4, 0.5) is 0 Å². The van der Waals surface area contributed by atoms with E-state index in [9.17, 15) is 14.4 Å². The van der Waals surface area contributed by atoms with Crippen LogP contribution in [0.1, 0.15) is 58.8 Å². The highest BCUT2D eigenvalue weighted by atomic mass is 16.2. The number of carbonyl (C=O) groups is 3. The highest BCUT2D eigenvalue weighted by molar-refractivity contribution is 5.88. The third kappa shape index (κ3) is 4.48. The summed E-state index contributed by atoms with van der Waals surface area (Å²) in [6, 6.07) is -0.586. The van der Waals surface area contributed by atoms with Crippen LogP contribution in [0, 0.1) is 11.8 Å². The molecule has 3 unspecified atom stereocenters.